The minimum absolute atomic E-state index is 0.110. The van der Waals surface area contributed by atoms with Crippen LogP contribution in [0.1, 0.15) is 89.1 Å². The van der Waals surface area contributed by atoms with Gasteiger partial charge in [-0.25, -0.2) is 0 Å². The molecule has 3 aliphatic rings. The maximum Gasteiger partial charge on any atom is 0.223 e. The normalized spacial score (nSPS) is 29.3. The van der Waals surface area contributed by atoms with E-state index >= 15 is 0 Å². The van der Waals surface area contributed by atoms with Gasteiger partial charge >= 0.3 is 0 Å². The summed E-state index contributed by atoms with van der Waals surface area (Å²) in [6.45, 7) is 12.8. The highest BCUT2D eigenvalue weighted by Gasteiger charge is 2.43. The van der Waals surface area contributed by atoms with Gasteiger partial charge in [-0.05, 0) is 81.6 Å². The van der Waals surface area contributed by atoms with Crippen molar-refractivity contribution in [2.45, 2.75) is 104 Å². The van der Waals surface area contributed by atoms with Crippen LogP contribution < -0.4 is 5.32 Å². The van der Waals surface area contributed by atoms with Crippen LogP contribution in [-0.4, -0.2) is 69.0 Å². The summed E-state index contributed by atoms with van der Waals surface area (Å²) in [5.74, 6) is 1.89. The first kappa shape index (κ1) is 28.6. The van der Waals surface area contributed by atoms with E-state index in [1.54, 1.807) is 0 Å². The number of piperidine rings is 2. The fourth-order valence-corrected chi connectivity index (χ4v) is 7.08. The molecular formula is C30H49N5O3. The van der Waals surface area contributed by atoms with Crippen LogP contribution in [0.15, 0.2) is 0 Å². The topological polar surface area (TPSA) is 87.5 Å². The zero-order chi connectivity index (χ0) is 27.6. The van der Waals surface area contributed by atoms with Crippen molar-refractivity contribution < 1.29 is 14.4 Å². The average molecular weight is 528 g/mol. The van der Waals surface area contributed by atoms with E-state index in [0.717, 1.165) is 56.6 Å². The van der Waals surface area contributed by atoms with E-state index in [1.165, 1.54) is 5.56 Å². The molecule has 3 amide bonds. The lowest BCUT2D eigenvalue weighted by molar-refractivity contribution is -0.146. The summed E-state index contributed by atoms with van der Waals surface area (Å²) in [7, 11) is 1.95. The molecule has 0 aromatic carbocycles. The predicted molar refractivity (Wildman–Crippen MR) is 148 cm³/mol. The first-order valence-electron chi connectivity index (χ1n) is 14.9. The summed E-state index contributed by atoms with van der Waals surface area (Å²) < 4.78 is 1.89. The molecule has 38 heavy (non-hydrogen) atoms. The van der Waals surface area contributed by atoms with Gasteiger partial charge in [-0.1, -0.05) is 20.8 Å². The van der Waals surface area contributed by atoms with Gasteiger partial charge in [0.2, 0.25) is 17.7 Å². The maximum atomic E-state index is 13.6. The van der Waals surface area contributed by atoms with Crippen molar-refractivity contribution in [3.8, 4) is 0 Å². The third-order valence-corrected chi connectivity index (χ3v) is 9.44. The summed E-state index contributed by atoms with van der Waals surface area (Å²) in [6, 6.07) is 0.278. The highest BCUT2D eigenvalue weighted by molar-refractivity contribution is 5.78. The van der Waals surface area contributed by atoms with Crippen molar-refractivity contribution in [3.05, 3.63) is 17.0 Å². The lowest BCUT2D eigenvalue weighted by atomic mass is 9.77. The lowest BCUT2D eigenvalue weighted by Crippen LogP contribution is -2.60. The van der Waals surface area contributed by atoms with Crippen molar-refractivity contribution in [1.82, 2.24) is 24.9 Å². The molecule has 2 bridgehead atoms. The second-order valence-corrected chi connectivity index (χ2v) is 12.7. The number of nitrogens with one attached hydrogen (secondary N) is 1. The number of aromatic nitrogens is 2. The molecule has 3 saturated heterocycles. The molecule has 8 nitrogen and oxygen atoms in total. The number of likely N-dealkylation sites (tertiary alicyclic amines) is 1. The molecule has 1 N–H and O–H groups in total. The molecule has 0 saturated carbocycles. The SMILES string of the molecule is Cc1nn(C)c(C)c1CCC(=O)N1C[C@@H]2C[C@H](C1)[C@@H]1CCCC(=O)N[C@H](C(C)C)CC[C@@H](C)CC(=O)N1C2. The number of carbonyl (C=O) groups excluding carboxylic acids is 3. The van der Waals surface area contributed by atoms with Crippen LogP contribution in [-0.2, 0) is 27.9 Å². The second kappa shape index (κ2) is 12.2. The smallest absolute Gasteiger partial charge is 0.223 e. The number of hydrogen-bond donors (Lipinski definition) is 1. The largest absolute Gasteiger partial charge is 0.353 e. The van der Waals surface area contributed by atoms with E-state index in [4.69, 9.17) is 0 Å². The molecule has 3 fully saturated rings. The van der Waals surface area contributed by atoms with Crippen LogP contribution in [0.4, 0.5) is 0 Å². The van der Waals surface area contributed by atoms with E-state index in [0.29, 0.717) is 50.0 Å². The summed E-state index contributed by atoms with van der Waals surface area (Å²) in [5.41, 5.74) is 3.31. The van der Waals surface area contributed by atoms with E-state index in [1.807, 2.05) is 18.7 Å². The molecule has 3 aliphatic heterocycles. The van der Waals surface area contributed by atoms with Gasteiger partial charge in [0.1, 0.15) is 0 Å². The molecule has 0 spiro atoms. The van der Waals surface area contributed by atoms with Gasteiger partial charge in [-0.3, -0.25) is 19.1 Å². The predicted octanol–water partition coefficient (Wildman–Crippen LogP) is 3.78. The Hall–Kier alpha value is -2.38. The molecule has 4 rings (SSSR count). The van der Waals surface area contributed by atoms with Gasteiger partial charge in [0.25, 0.3) is 0 Å². The second-order valence-electron chi connectivity index (χ2n) is 12.7. The van der Waals surface area contributed by atoms with Gasteiger partial charge in [-0.2, -0.15) is 5.10 Å². The minimum Gasteiger partial charge on any atom is -0.353 e. The Morgan fingerprint density at radius 2 is 1.87 bits per heavy atom. The molecule has 212 valence electrons. The molecule has 0 aliphatic carbocycles. The van der Waals surface area contributed by atoms with Crippen molar-refractivity contribution in [2.24, 2.45) is 30.7 Å². The summed E-state index contributed by atoms with van der Waals surface area (Å²) in [4.78, 5) is 43.9. The maximum absolute atomic E-state index is 13.6. The first-order chi connectivity index (χ1) is 18.0. The highest BCUT2D eigenvalue weighted by atomic mass is 16.2. The number of nitrogens with zero attached hydrogens (tertiary/aromatic N) is 4. The molecule has 8 heteroatoms. The molecule has 1 aromatic rings. The number of hydrogen-bond acceptors (Lipinski definition) is 4. The van der Waals surface area contributed by atoms with Crippen LogP contribution >= 0.6 is 0 Å². The summed E-state index contributed by atoms with van der Waals surface area (Å²) in [6.07, 6.45) is 6.81. The Balaban J connectivity index is 1.44. The van der Waals surface area contributed by atoms with Crippen LogP contribution in [0.3, 0.4) is 0 Å². The van der Waals surface area contributed by atoms with E-state index in [-0.39, 0.29) is 35.7 Å². The monoisotopic (exact) mass is 527 g/mol. The van der Waals surface area contributed by atoms with Gasteiger partial charge in [0.15, 0.2) is 0 Å². The average Bonchev–Trinajstić information content (AvgIpc) is 3.10. The van der Waals surface area contributed by atoms with Crippen molar-refractivity contribution in [1.29, 1.82) is 0 Å². The minimum atomic E-state index is 0.110. The molecule has 4 heterocycles. The zero-order valence-electron chi connectivity index (χ0n) is 24.5. The summed E-state index contributed by atoms with van der Waals surface area (Å²) in [5, 5.41) is 7.76. The van der Waals surface area contributed by atoms with E-state index in [9.17, 15) is 14.4 Å². The Morgan fingerprint density at radius 3 is 2.55 bits per heavy atom. The van der Waals surface area contributed by atoms with E-state index in [2.05, 4.69) is 47.9 Å². The Kier molecular flexibility index (Phi) is 9.19. The van der Waals surface area contributed by atoms with Crippen LogP contribution in [0.25, 0.3) is 0 Å². The molecule has 0 unspecified atom stereocenters. The fourth-order valence-electron chi connectivity index (χ4n) is 7.08. The molecule has 0 radical (unpaired) electrons. The van der Waals surface area contributed by atoms with Crippen molar-refractivity contribution in [3.63, 3.8) is 0 Å². The van der Waals surface area contributed by atoms with Crippen LogP contribution in [0.5, 0.6) is 0 Å². The molecular weight excluding hydrogens is 478 g/mol. The Morgan fingerprint density at radius 1 is 1.11 bits per heavy atom. The summed E-state index contributed by atoms with van der Waals surface area (Å²) >= 11 is 0. The van der Waals surface area contributed by atoms with Crippen molar-refractivity contribution >= 4 is 17.7 Å². The third kappa shape index (κ3) is 6.60. The first-order valence-corrected chi connectivity index (χ1v) is 14.9. The standard InChI is InChI=1S/C30H49N5O3/c1-19(2)26-12-10-20(3)14-30(38)35-17-23-15-24(27(35)8-7-9-28(36)31-26)18-34(16-23)29(37)13-11-25-21(4)32-33(6)22(25)5/h19-20,23-24,26-27H,7-18H2,1-6H3,(H,31,36)/t20-,23+,24-,26+,27+/m1/s1. The van der Waals surface area contributed by atoms with Gasteiger partial charge in [-0.15, -0.1) is 0 Å². The number of rotatable bonds is 4. The third-order valence-electron chi connectivity index (χ3n) is 9.44. The Bertz CT molecular complexity index is 1020. The van der Waals surface area contributed by atoms with Crippen LogP contribution in [0, 0.1) is 37.5 Å². The van der Waals surface area contributed by atoms with Gasteiger partial charge in [0, 0.05) is 63.7 Å². The zero-order valence-corrected chi connectivity index (χ0v) is 24.5. The van der Waals surface area contributed by atoms with E-state index < -0.39 is 0 Å². The quantitative estimate of drug-likeness (QED) is 0.646. The Labute approximate surface area is 228 Å². The number of aryl methyl sites for hydroxylation is 2. The molecule has 5 atom stereocenters. The number of amides is 3. The van der Waals surface area contributed by atoms with Crippen molar-refractivity contribution in [2.75, 3.05) is 19.6 Å². The highest BCUT2D eigenvalue weighted by Crippen LogP contribution is 2.37. The lowest BCUT2D eigenvalue weighted by Gasteiger charge is -2.51. The molecule has 1 aromatic heterocycles. The van der Waals surface area contributed by atoms with Gasteiger partial charge in [0.05, 0.1) is 5.69 Å². The van der Waals surface area contributed by atoms with Gasteiger partial charge < -0.3 is 15.1 Å². The number of fused-ring (bicyclic) bond motifs is 4. The van der Waals surface area contributed by atoms with Crippen LogP contribution in [0.2, 0.25) is 0 Å². The number of carbonyl (C=O) groups is 3. The fraction of sp³-hybridized carbons (Fsp3) is 0.800.